The number of hydrogen-bond donors (Lipinski definition) is 2. The van der Waals surface area contributed by atoms with E-state index in [-0.39, 0.29) is 11.7 Å². The van der Waals surface area contributed by atoms with Gasteiger partial charge in [0.2, 0.25) is 0 Å². The molecule has 0 aliphatic carbocycles. The Balaban J connectivity index is 2.19. The van der Waals surface area contributed by atoms with Gasteiger partial charge in [-0.2, -0.15) is 0 Å². The monoisotopic (exact) mass is 510 g/mol. The largest absolute Gasteiger partial charge is 0.486 e. The van der Waals surface area contributed by atoms with E-state index in [2.05, 4.69) is 49.4 Å². The number of rotatable bonds is 4. The summed E-state index contributed by atoms with van der Waals surface area (Å²) in [7, 11) is 0. The quantitative estimate of drug-likeness (QED) is 0.561. The maximum Gasteiger partial charge on any atom is 0.257 e. The first-order chi connectivity index (χ1) is 11.3. The fourth-order valence-corrected chi connectivity index (χ4v) is 3.77. The van der Waals surface area contributed by atoms with Crippen LogP contribution in [0.4, 0.5) is 0 Å². The van der Waals surface area contributed by atoms with E-state index in [1.165, 1.54) is 0 Å². The average molecular weight is 513 g/mol. The van der Waals surface area contributed by atoms with E-state index >= 15 is 0 Å². The molecule has 1 amide bonds. The van der Waals surface area contributed by atoms with Crippen molar-refractivity contribution in [3.05, 3.63) is 60.4 Å². The summed E-state index contributed by atoms with van der Waals surface area (Å²) >= 11 is 23.4. The second-order valence-electron chi connectivity index (χ2n) is 4.61. The van der Waals surface area contributed by atoms with Crippen molar-refractivity contribution in [1.82, 2.24) is 5.32 Å². The Morgan fingerprint density at radius 3 is 2.38 bits per heavy atom. The first-order valence-corrected chi connectivity index (χ1v) is 9.19. The summed E-state index contributed by atoms with van der Waals surface area (Å²) < 4.78 is 6.97. The van der Waals surface area contributed by atoms with Gasteiger partial charge >= 0.3 is 0 Å². The molecule has 0 aromatic heterocycles. The van der Waals surface area contributed by atoms with Crippen LogP contribution in [0, 0.1) is 0 Å². The number of ether oxygens (including phenoxy) is 1. The molecule has 2 aromatic carbocycles. The zero-order chi connectivity index (χ0) is 17.9. The third-order valence-electron chi connectivity index (χ3n) is 2.88. The van der Waals surface area contributed by atoms with Crippen LogP contribution in [-0.4, -0.2) is 11.0 Å². The third kappa shape index (κ3) is 5.07. The molecule has 0 spiro atoms. The highest BCUT2D eigenvalue weighted by atomic mass is 79.9. The fraction of sp³-hybridized carbons (Fsp3) is 0.0667. The molecule has 0 saturated heterocycles. The first kappa shape index (κ1) is 19.5. The van der Waals surface area contributed by atoms with Gasteiger partial charge < -0.3 is 10.5 Å². The molecule has 0 heterocycles. The van der Waals surface area contributed by atoms with Gasteiger partial charge in [-0.1, -0.05) is 29.3 Å². The number of thiocarbonyl (C=S) groups is 1. The summed E-state index contributed by atoms with van der Waals surface area (Å²) in [5.41, 5.74) is 6.46. The molecule has 0 aliphatic rings. The lowest BCUT2D eigenvalue weighted by Crippen LogP contribution is -2.34. The van der Waals surface area contributed by atoms with Crippen LogP contribution in [0.15, 0.2) is 39.3 Å². The molecule has 0 unspecified atom stereocenters. The summed E-state index contributed by atoms with van der Waals surface area (Å²) in [6, 6.07) is 8.39. The maximum atomic E-state index is 11.9. The van der Waals surface area contributed by atoms with Crippen molar-refractivity contribution in [2.24, 2.45) is 5.73 Å². The Labute approximate surface area is 170 Å². The SMILES string of the molecule is NC(=S)NC(=O)c1cc(Br)c(OCc2ccc(Cl)cc2Cl)c(Br)c1. The highest BCUT2D eigenvalue weighted by molar-refractivity contribution is 9.11. The molecule has 2 aromatic rings. The number of amides is 1. The number of carbonyl (C=O) groups excluding carboxylic acids is 1. The number of carbonyl (C=O) groups is 1. The van der Waals surface area contributed by atoms with Gasteiger partial charge in [0.25, 0.3) is 5.91 Å². The molecule has 0 fully saturated rings. The van der Waals surface area contributed by atoms with Crippen molar-refractivity contribution in [2.75, 3.05) is 0 Å². The van der Waals surface area contributed by atoms with Crippen LogP contribution in [-0.2, 0) is 6.61 Å². The zero-order valence-corrected chi connectivity index (χ0v) is 17.4. The normalized spacial score (nSPS) is 10.3. The Kier molecular flexibility index (Phi) is 6.88. The van der Waals surface area contributed by atoms with Crippen LogP contribution in [0.5, 0.6) is 5.75 Å². The Morgan fingerprint density at radius 2 is 1.83 bits per heavy atom. The molecule has 0 saturated carbocycles. The summed E-state index contributed by atoms with van der Waals surface area (Å²) in [4.78, 5) is 11.9. The lowest BCUT2D eigenvalue weighted by Gasteiger charge is -2.13. The summed E-state index contributed by atoms with van der Waals surface area (Å²) in [6.07, 6.45) is 0. The number of benzene rings is 2. The number of nitrogens with two attached hydrogens (primary N) is 1. The number of hydrogen-bond acceptors (Lipinski definition) is 3. The molecule has 0 atom stereocenters. The third-order valence-corrected chi connectivity index (χ3v) is 4.75. The molecule has 24 heavy (non-hydrogen) atoms. The van der Waals surface area contributed by atoms with Crippen molar-refractivity contribution in [3.63, 3.8) is 0 Å². The molecule has 3 N–H and O–H groups in total. The number of nitrogens with one attached hydrogen (secondary N) is 1. The lowest BCUT2D eigenvalue weighted by atomic mass is 10.2. The van der Waals surface area contributed by atoms with Crippen molar-refractivity contribution < 1.29 is 9.53 Å². The topological polar surface area (TPSA) is 64.3 Å². The summed E-state index contributed by atoms with van der Waals surface area (Å²) in [5, 5.41) is 3.34. The van der Waals surface area contributed by atoms with Gasteiger partial charge in [0.05, 0.1) is 8.95 Å². The van der Waals surface area contributed by atoms with Crippen molar-refractivity contribution in [3.8, 4) is 5.75 Å². The molecular weight excluding hydrogens is 503 g/mol. The van der Waals surface area contributed by atoms with E-state index in [4.69, 9.17) is 33.7 Å². The predicted octanol–water partition coefficient (Wildman–Crippen LogP) is 5.07. The van der Waals surface area contributed by atoms with Crippen LogP contribution < -0.4 is 15.8 Å². The molecule has 4 nitrogen and oxygen atoms in total. The minimum Gasteiger partial charge on any atom is -0.486 e. The first-order valence-electron chi connectivity index (χ1n) is 6.44. The maximum absolute atomic E-state index is 11.9. The lowest BCUT2D eigenvalue weighted by molar-refractivity contribution is 0.0977. The van der Waals surface area contributed by atoms with E-state index in [0.717, 1.165) is 5.56 Å². The predicted molar refractivity (Wildman–Crippen MR) is 107 cm³/mol. The minimum absolute atomic E-state index is 0.0926. The van der Waals surface area contributed by atoms with Crippen molar-refractivity contribution >= 4 is 78.3 Å². The minimum atomic E-state index is -0.406. The van der Waals surface area contributed by atoms with E-state index in [1.54, 1.807) is 30.3 Å². The average Bonchev–Trinajstić information content (AvgIpc) is 2.47. The molecule has 0 bridgehead atoms. The van der Waals surface area contributed by atoms with E-state index in [1.807, 2.05) is 0 Å². The molecule has 126 valence electrons. The highest BCUT2D eigenvalue weighted by Gasteiger charge is 2.14. The molecule has 0 radical (unpaired) electrons. The summed E-state index contributed by atoms with van der Waals surface area (Å²) in [5.74, 6) is 0.129. The molecule has 2 rings (SSSR count). The Hall–Kier alpha value is -0.860. The molecule has 9 heteroatoms. The standard InChI is InChI=1S/C15H10Br2Cl2N2O2S/c16-10-3-8(14(22)21-15(20)24)4-11(17)13(10)23-6-7-1-2-9(18)5-12(7)19/h1-5H,6H2,(H3,20,21,22,24). The Morgan fingerprint density at radius 1 is 1.21 bits per heavy atom. The van der Waals surface area contributed by atoms with Gasteiger partial charge in [-0.05, 0) is 68.3 Å². The molecule has 0 aliphatic heterocycles. The van der Waals surface area contributed by atoms with Gasteiger partial charge in [0.1, 0.15) is 12.4 Å². The van der Waals surface area contributed by atoms with Crippen molar-refractivity contribution in [2.45, 2.75) is 6.61 Å². The van der Waals surface area contributed by atoms with E-state index in [0.29, 0.717) is 30.3 Å². The molecular formula is C15H10Br2Cl2N2O2S. The highest BCUT2D eigenvalue weighted by Crippen LogP contribution is 2.36. The van der Waals surface area contributed by atoms with Gasteiger partial charge in [0.15, 0.2) is 5.11 Å². The van der Waals surface area contributed by atoms with Crippen LogP contribution in [0.2, 0.25) is 10.0 Å². The van der Waals surface area contributed by atoms with Gasteiger partial charge in [0, 0.05) is 21.2 Å². The van der Waals surface area contributed by atoms with Gasteiger partial charge in [-0.3, -0.25) is 10.1 Å². The van der Waals surface area contributed by atoms with Crippen LogP contribution in [0.25, 0.3) is 0 Å². The fourth-order valence-electron chi connectivity index (χ4n) is 1.80. The second-order valence-corrected chi connectivity index (χ2v) is 7.60. The van der Waals surface area contributed by atoms with Gasteiger partial charge in [-0.15, -0.1) is 0 Å². The smallest absolute Gasteiger partial charge is 0.257 e. The van der Waals surface area contributed by atoms with Gasteiger partial charge in [-0.25, -0.2) is 0 Å². The number of halogens is 4. The van der Waals surface area contributed by atoms with E-state index < -0.39 is 5.91 Å². The van der Waals surface area contributed by atoms with Crippen LogP contribution in [0.3, 0.4) is 0 Å². The Bertz CT molecular complexity index is 795. The van der Waals surface area contributed by atoms with Crippen molar-refractivity contribution in [1.29, 1.82) is 0 Å². The second kappa shape index (κ2) is 8.49. The van der Waals surface area contributed by atoms with Crippen LogP contribution in [0.1, 0.15) is 15.9 Å². The van der Waals surface area contributed by atoms with E-state index in [9.17, 15) is 4.79 Å². The van der Waals surface area contributed by atoms with Crippen LogP contribution >= 0.6 is 67.3 Å². The summed E-state index contributed by atoms with van der Waals surface area (Å²) in [6.45, 7) is 0.242. The zero-order valence-electron chi connectivity index (χ0n) is 11.9.